The molecule has 1 saturated heterocycles. The number of nitrogens with one attached hydrogen (secondary N) is 1. The monoisotopic (exact) mass is 264 g/mol. The van der Waals surface area contributed by atoms with E-state index in [9.17, 15) is 9.90 Å². The van der Waals surface area contributed by atoms with Gasteiger partial charge in [-0.15, -0.1) is 0 Å². The molecule has 1 heterocycles. The minimum atomic E-state index is -0.865. The summed E-state index contributed by atoms with van der Waals surface area (Å²) in [7, 11) is 2.04. The summed E-state index contributed by atoms with van der Waals surface area (Å²) in [5.74, 6) is -0.865. The van der Waals surface area contributed by atoms with Crippen molar-refractivity contribution in [2.75, 3.05) is 33.3 Å². The molecule has 0 bridgehead atoms. The highest BCUT2D eigenvalue weighted by Gasteiger charge is 2.23. The highest BCUT2D eigenvalue weighted by atomic mass is 16.5. The van der Waals surface area contributed by atoms with Gasteiger partial charge in [0, 0.05) is 19.6 Å². The first-order valence-electron chi connectivity index (χ1n) is 6.48. The fourth-order valence-corrected chi connectivity index (χ4v) is 2.23. The largest absolute Gasteiger partial charge is 0.480 e. The van der Waals surface area contributed by atoms with Gasteiger partial charge in [-0.3, -0.25) is 10.1 Å². The van der Waals surface area contributed by atoms with Crippen LogP contribution in [0.3, 0.4) is 0 Å². The van der Waals surface area contributed by atoms with E-state index in [1.807, 2.05) is 37.4 Å². The maximum atomic E-state index is 11.3. The third-order valence-electron chi connectivity index (χ3n) is 3.27. The number of likely N-dealkylation sites (N-methyl/N-ethyl adjacent to an activating group) is 1. The number of morpholine rings is 1. The lowest BCUT2D eigenvalue weighted by atomic mass is 10.1. The molecule has 2 N–H and O–H groups in total. The van der Waals surface area contributed by atoms with E-state index in [0.717, 1.165) is 18.7 Å². The Morgan fingerprint density at radius 3 is 2.89 bits per heavy atom. The molecule has 1 fully saturated rings. The summed E-state index contributed by atoms with van der Waals surface area (Å²) in [5.41, 5.74) is 0.763. The number of nitrogens with zero attached hydrogens (tertiary/aromatic N) is 1. The number of aliphatic carboxylic acids is 1. The third kappa shape index (κ3) is 4.02. The normalized spacial score (nSPS) is 22.1. The number of hydrogen-bond donors (Lipinski definition) is 2. The topological polar surface area (TPSA) is 61.8 Å². The Balaban J connectivity index is 1.93. The van der Waals surface area contributed by atoms with Gasteiger partial charge in [-0.25, -0.2) is 0 Å². The predicted molar refractivity (Wildman–Crippen MR) is 72.1 cm³/mol. The molecule has 0 radical (unpaired) electrons. The van der Waals surface area contributed by atoms with Crippen molar-refractivity contribution >= 4 is 5.97 Å². The van der Waals surface area contributed by atoms with E-state index in [4.69, 9.17) is 4.74 Å². The number of benzene rings is 1. The summed E-state index contributed by atoms with van der Waals surface area (Å²) in [6.07, 6.45) is 0.0457. The van der Waals surface area contributed by atoms with Gasteiger partial charge in [-0.1, -0.05) is 30.3 Å². The maximum Gasteiger partial charge on any atom is 0.325 e. The van der Waals surface area contributed by atoms with Gasteiger partial charge in [0.15, 0.2) is 0 Å². The van der Waals surface area contributed by atoms with Crippen LogP contribution in [0.15, 0.2) is 30.3 Å². The molecule has 2 unspecified atom stereocenters. The zero-order valence-corrected chi connectivity index (χ0v) is 11.1. The molecule has 104 valence electrons. The maximum absolute atomic E-state index is 11.3. The van der Waals surface area contributed by atoms with Gasteiger partial charge in [0.25, 0.3) is 0 Å². The predicted octanol–water partition coefficient (Wildman–Crippen LogP) is 0.733. The molecule has 5 heteroatoms. The van der Waals surface area contributed by atoms with Crippen molar-refractivity contribution in [2.45, 2.75) is 12.1 Å². The second kappa shape index (κ2) is 6.65. The fourth-order valence-electron chi connectivity index (χ4n) is 2.23. The molecule has 0 aromatic heterocycles. The van der Waals surface area contributed by atoms with E-state index in [2.05, 4.69) is 10.2 Å². The molecule has 0 spiro atoms. The second-order valence-corrected chi connectivity index (χ2v) is 4.85. The van der Waals surface area contributed by atoms with E-state index in [0.29, 0.717) is 13.2 Å². The smallest absolute Gasteiger partial charge is 0.325 e. The summed E-state index contributed by atoms with van der Waals surface area (Å²) in [6.45, 7) is 2.99. The van der Waals surface area contributed by atoms with E-state index in [-0.39, 0.29) is 6.10 Å². The lowest BCUT2D eigenvalue weighted by Crippen LogP contribution is -2.46. The zero-order chi connectivity index (χ0) is 13.7. The number of ether oxygens (including phenoxy) is 1. The average molecular weight is 264 g/mol. The molecular formula is C14H20N2O3. The molecule has 1 aliphatic rings. The van der Waals surface area contributed by atoms with Crippen LogP contribution in [-0.4, -0.2) is 55.4 Å². The van der Waals surface area contributed by atoms with Crippen molar-refractivity contribution < 1.29 is 14.6 Å². The second-order valence-electron chi connectivity index (χ2n) is 4.85. The Morgan fingerprint density at radius 2 is 2.26 bits per heavy atom. The van der Waals surface area contributed by atoms with E-state index >= 15 is 0 Å². The molecule has 2 atom stereocenters. The summed E-state index contributed by atoms with van der Waals surface area (Å²) in [6, 6.07) is 8.52. The van der Waals surface area contributed by atoms with E-state index in [1.54, 1.807) is 0 Å². The van der Waals surface area contributed by atoms with Gasteiger partial charge in [0.1, 0.15) is 6.04 Å². The molecule has 19 heavy (non-hydrogen) atoms. The van der Waals surface area contributed by atoms with Gasteiger partial charge in [0.05, 0.1) is 12.7 Å². The Bertz CT molecular complexity index is 410. The number of carboxylic acid groups (broad SMARTS) is 1. The minimum absolute atomic E-state index is 0.0457. The van der Waals surface area contributed by atoms with Gasteiger partial charge in [0.2, 0.25) is 0 Å². The fraction of sp³-hybridized carbons (Fsp3) is 0.500. The first kappa shape index (κ1) is 14.0. The molecule has 1 aromatic rings. The average Bonchev–Trinajstić information content (AvgIpc) is 2.40. The van der Waals surface area contributed by atoms with Crippen LogP contribution in [0.2, 0.25) is 0 Å². The Kier molecular flexibility index (Phi) is 4.90. The van der Waals surface area contributed by atoms with Crippen molar-refractivity contribution in [2.24, 2.45) is 0 Å². The molecule has 0 aliphatic carbocycles. The first-order valence-corrected chi connectivity index (χ1v) is 6.48. The number of hydrogen-bond acceptors (Lipinski definition) is 4. The first-order chi connectivity index (χ1) is 9.16. The van der Waals surface area contributed by atoms with Crippen LogP contribution in [-0.2, 0) is 9.53 Å². The van der Waals surface area contributed by atoms with Gasteiger partial charge in [-0.05, 0) is 12.6 Å². The van der Waals surface area contributed by atoms with Crippen molar-refractivity contribution in [3.05, 3.63) is 35.9 Å². The molecule has 1 aromatic carbocycles. The number of rotatable bonds is 5. The van der Waals surface area contributed by atoms with Crippen molar-refractivity contribution in [3.63, 3.8) is 0 Å². The number of carboxylic acids is 1. The molecule has 2 rings (SSSR count). The van der Waals surface area contributed by atoms with Crippen LogP contribution in [0, 0.1) is 0 Å². The highest BCUT2D eigenvalue weighted by Crippen LogP contribution is 2.13. The lowest BCUT2D eigenvalue weighted by molar-refractivity contribution is -0.139. The lowest BCUT2D eigenvalue weighted by Gasteiger charge is -2.31. The molecule has 0 saturated carbocycles. The van der Waals surface area contributed by atoms with Crippen LogP contribution in [0.5, 0.6) is 0 Å². The third-order valence-corrected chi connectivity index (χ3v) is 3.27. The summed E-state index contributed by atoms with van der Waals surface area (Å²) in [5, 5.41) is 12.4. The molecule has 1 aliphatic heterocycles. The molecule has 5 nitrogen and oxygen atoms in total. The zero-order valence-electron chi connectivity index (χ0n) is 11.1. The Labute approximate surface area is 113 Å². The standard InChI is InChI=1S/C14H20N2O3/c1-16-7-8-19-12(10-16)9-15-13(14(17)18)11-5-3-2-4-6-11/h2-6,12-13,15H,7-10H2,1H3,(H,17,18). The summed E-state index contributed by atoms with van der Waals surface area (Å²) >= 11 is 0. The number of carbonyl (C=O) groups is 1. The quantitative estimate of drug-likeness (QED) is 0.821. The summed E-state index contributed by atoms with van der Waals surface area (Å²) in [4.78, 5) is 13.5. The Hall–Kier alpha value is -1.43. The van der Waals surface area contributed by atoms with Crippen molar-refractivity contribution in [1.29, 1.82) is 0 Å². The van der Waals surface area contributed by atoms with Gasteiger partial charge >= 0.3 is 5.97 Å². The van der Waals surface area contributed by atoms with E-state index in [1.165, 1.54) is 0 Å². The van der Waals surface area contributed by atoms with Gasteiger partial charge in [-0.2, -0.15) is 0 Å². The van der Waals surface area contributed by atoms with Crippen LogP contribution >= 0.6 is 0 Å². The minimum Gasteiger partial charge on any atom is -0.480 e. The van der Waals surface area contributed by atoms with Crippen molar-refractivity contribution in [1.82, 2.24) is 10.2 Å². The van der Waals surface area contributed by atoms with Gasteiger partial charge < -0.3 is 14.7 Å². The van der Waals surface area contributed by atoms with Crippen LogP contribution in [0.4, 0.5) is 0 Å². The highest BCUT2D eigenvalue weighted by molar-refractivity contribution is 5.75. The van der Waals surface area contributed by atoms with Crippen LogP contribution < -0.4 is 5.32 Å². The van der Waals surface area contributed by atoms with Crippen LogP contribution in [0.1, 0.15) is 11.6 Å². The summed E-state index contributed by atoms with van der Waals surface area (Å²) < 4.78 is 5.62. The molecule has 0 amide bonds. The Morgan fingerprint density at radius 1 is 1.53 bits per heavy atom. The molecular weight excluding hydrogens is 244 g/mol. The SMILES string of the molecule is CN1CCOC(CNC(C(=O)O)c2ccccc2)C1. The van der Waals surface area contributed by atoms with E-state index < -0.39 is 12.0 Å². The van der Waals surface area contributed by atoms with Crippen molar-refractivity contribution in [3.8, 4) is 0 Å². The van der Waals surface area contributed by atoms with Crippen LogP contribution in [0.25, 0.3) is 0 Å².